The van der Waals surface area contributed by atoms with E-state index >= 15 is 0 Å². The van der Waals surface area contributed by atoms with Crippen LogP contribution >= 0.6 is 24.0 Å². The standard InChI is InChI=1S/C7H11NS2.Cu/c1-5-4-7(2,3)10-6(9)8-5;/h4H,1-3H3,(H,8,9);/q;+1. The third-order valence-electron chi connectivity index (χ3n) is 1.22. The van der Waals surface area contributed by atoms with Crippen molar-refractivity contribution in [2.45, 2.75) is 25.5 Å². The van der Waals surface area contributed by atoms with Crippen LogP contribution in [0.25, 0.3) is 0 Å². The Hall–Kier alpha value is 0.499. The van der Waals surface area contributed by atoms with Gasteiger partial charge in [-0.2, -0.15) is 0 Å². The van der Waals surface area contributed by atoms with Crippen molar-refractivity contribution in [2.24, 2.45) is 0 Å². The van der Waals surface area contributed by atoms with Crippen molar-refractivity contribution in [1.29, 1.82) is 0 Å². The third kappa shape index (κ3) is 3.61. The number of hydrogen-bond donors (Lipinski definition) is 1. The van der Waals surface area contributed by atoms with Crippen LogP contribution < -0.4 is 5.32 Å². The van der Waals surface area contributed by atoms with E-state index < -0.39 is 0 Å². The van der Waals surface area contributed by atoms with Crippen LogP contribution in [0.1, 0.15) is 20.8 Å². The van der Waals surface area contributed by atoms with E-state index in [1.54, 1.807) is 11.8 Å². The molecule has 0 aliphatic carbocycles. The summed E-state index contributed by atoms with van der Waals surface area (Å²) in [7, 11) is 0. The van der Waals surface area contributed by atoms with Gasteiger partial charge in [0.2, 0.25) is 0 Å². The molecule has 1 heterocycles. The number of thioether (sulfide) groups is 1. The molecule has 0 atom stereocenters. The van der Waals surface area contributed by atoms with Crippen LogP contribution in [0, 0.1) is 0 Å². The summed E-state index contributed by atoms with van der Waals surface area (Å²) in [4.78, 5) is 0. The van der Waals surface area contributed by atoms with Crippen molar-refractivity contribution in [3.05, 3.63) is 11.8 Å². The van der Waals surface area contributed by atoms with Gasteiger partial charge in [0, 0.05) is 10.4 Å². The normalized spacial score (nSPS) is 21.4. The maximum Gasteiger partial charge on any atom is 1.00 e. The molecule has 1 rings (SSSR count). The van der Waals surface area contributed by atoms with Crippen molar-refractivity contribution >= 4 is 28.3 Å². The SMILES string of the molecule is CC1=CC(C)(C)SC(=S)N1.[Cu+]. The van der Waals surface area contributed by atoms with Gasteiger partial charge in [0.15, 0.2) is 0 Å². The summed E-state index contributed by atoms with van der Waals surface area (Å²) in [5.74, 6) is 0. The molecule has 66 valence electrons. The fraction of sp³-hybridized carbons (Fsp3) is 0.571. The van der Waals surface area contributed by atoms with Crippen molar-refractivity contribution in [2.75, 3.05) is 0 Å². The zero-order chi connectivity index (χ0) is 7.78. The number of hydrogen-bond acceptors (Lipinski definition) is 2. The zero-order valence-corrected chi connectivity index (χ0v) is 9.27. The molecule has 0 amide bonds. The molecule has 1 nitrogen and oxygen atoms in total. The Morgan fingerprint density at radius 1 is 1.55 bits per heavy atom. The first kappa shape index (κ1) is 11.5. The summed E-state index contributed by atoms with van der Waals surface area (Å²) in [6.07, 6.45) is 2.19. The predicted molar refractivity (Wildman–Crippen MR) is 51.2 cm³/mol. The van der Waals surface area contributed by atoms with Gasteiger partial charge in [0.05, 0.1) is 0 Å². The van der Waals surface area contributed by atoms with E-state index in [0.717, 1.165) is 10.0 Å². The molecule has 1 N–H and O–H groups in total. The molecule has 0 fully saturated rings. The molecule has 1 aliphatic heterocycles. The summed E-state index contributed by atoms with van der Waals surface area (Å²) < 4.78 is 1.05. The molecular formula is C7H11CuNS2+. The first-order valence-electron chi connectivity index (χ1n) is 3.19. The molecule has 0 aromatic heterocycles. The first-order valence-corrected chi connectivity index (χ1v) is 4.41. The van der Waals surface area contributed by atoms with Crippen LogP contribution in [0.4, 0.5) is 0 Å². The molecule has 0 radical (unpaired) electrons. The van der Waals surface area contributed by atoms with E-state index in [4.69, 9.17) is 12.2 Å². The first-order chi connectivity index (χ1) is 4.49. The third-order valence-corrected chi connectivity index (χ3v) is 2.50. The predicted octanol–water partition coefficient (Wildman–Crippen LogP) is 2.29. The molecule has 1 aliphatic rings. The summed E-state index contributed by atoms with van der Waals surface area (Å²) in [6.45, 7) is 6.36. The van der Waals surface area contributed by atoms with Crippen LogP contribution in [0.5, 0.6) is 0 Å². The summed E-state index contributed by atoms with van der Waals surface area (Å²) in [6, 6.07) is 0. The topological polar surface area (TPSA) is 12.0 Å². The monoisotopic (exact) mass is 236 g/mol. The smallest absolute Gasteiger partial charge is 0.345 e. The van der Waals surface area contributed by atoms with Gasteiger partial charge in [-0.25, -0.2) is 0 Å². The molecule has 0 unspecified atom stereocenters. The summed E-state index contributed by atoms with van der Waals surface area (Å²) >= 11 is 6.73. The number of rotatable bonds is 0. The maximum absolute atomic E-state index is 5.04. The van der Waals surface area contributed by atoms with Crippen molar-refractivity contribution in [1.82, 2.24) is 5.32 Å². The number of thiocarbonyl (C=S) groups is 1. The minimum Gasteiger partial charge on any atom is -0.345 e. The zero-order valence-electron chi connectivity index (χ0n) is 6.70. The van der Waals surface area contributed by atoms with E-state index in [1.807, 2.05) is 6.92 Å². The van der Waals surface area contributed by atoms with Crippen molar-refractivity contribution in [3.63, 3.8) is 0 Å². The second-order valence-corrected chi connectivity index (χ2v) is 5.28. The van der Waals surface area contributed by atoms with Gasteiger partial charge < -0.3 is 5.32 Å². The van der Waals surface area contributed by atoms with Crippen LogP contribution in [-0.2, 0) is 17.1 Å². The van der Waals surface area contributed by atoms with Crippen LogP contribution in [0.2, 0.25) is 0 Å². The Bertz CT molecular complexity index is 199. The van der Waals surface area contributed by atoms with Gasteiger partial charge in [-0.05, 0) is 26.8 Å². The van der Waals surface area contributed by atoms with Gasteiger partial charge in [-0.15, -0.1) is 0 Å². The molecule has 0 spiro atoms. The fourth-order valence-electron chi connectivity index (χ4n) is 1.01. The summed E-state index contributed by atoms with van der Waals surface area (Å²) in [5, 5.41) is 3.09. The molecule has 0 saturated heterocycles. The van der Waals surface area contributed by atoms with E-state index in [-0.39, 0.29) is 21.8 Å². The van der Waals surface area contributed by atoms with Crippen molar-refractivity contribution in [3.8, 4) is 0 Å². The van der Waals surface area contributed by atoms with Crippen molar-refractivity contribution < 1.29 is 17.1 Å². The molecule has 0 aromatic rings. The van der Waals surface area contributed by atoms with Gasteiger partial charge >= 0.3 is 17.1 Å². The second kappa shape index (κ2) is 3.94. The molecular weight excluding hydrogens is 226 g/mol. The Labute approximate surface area is 87.9 Å². The van der Waals surface area contributed by atoms with Crippen LogP contribution in [-0.4, -0.2) is 9.07 Å². The quantitative estimate of drug-likeness (QED) is 0.512. The maximum atomic E-state index is 5.04. The Balaban J connectivity index is 0.000001000. The average Bonchev–Trinajstić information content (AvgIpc) is 1.54. The minimum absolute atomic E-state index is 0. The average molecular weight is 237 g/mol. The number of allylic oxidation sites excluding steroid dienone is 1. The Kier molecular flexibility index (Phi) is 4.12. The van der Waals surface area contributed by atoms with E-state index in [9.17, 15) is 0 Å². The van der Waals surface area contributed by atoms with Crippen LogP contribution in [0.15, 0.2) is 11.8 Å². The second-order valence-electron chi connectivity index (χ2n) is 2.95. The van der Waals surface area contributed by atoms with E-state index in [2.05, 4.69) is 25.2 Å². The van der Waals surface area contributed by atoms with Gasteiger partial charge in [0.25, 0.3) is 0 Å². The molecule has 0 bridgehead atoms. The van der Waals surface area contributed by atoms with Gasteiger partial charge in [-0.3, -0.25) is 0 Å². The summed E-state index contributed by atoms with van der Waals surface area (Å²) in [5.41, 5.74) is 1.16. The Morgan fingerprint density at radius 2 is 2.09 bits per heavy atom. The van der Waals surface area contributed by atoms with Crippen LogP contribution in [0.3, 0.4) is 0 Å². The molecule has 11 heavy (non-hydrogen) atoms. The van der Waals surface area contributed by atoms with Gasteiger partial charge in [0.1, 0.15) is 4.32 Å². The number of nitrogens with one attached hydrogen (secondary N) is 1. The molecule has 0 saturated carbocycles. The van der Waals surface area contributed by atoms with Gasteiger partial charge in [-0.1, -0.05) is 24.0 Å². The Morgan fingerprint density at radius 3 is 2.45 bits per heavy atom. The van der Waals surface area contributed by atoms with E-state index in [1.165, 1.54) is 0 Å². The molecule has 0 aromatic carbocycles. The fourth-order valence-corrected chi connectivity index (χ4v) is 2.74. The molecule has 4 heteroatoms. The minimum atomic E-state index is 0. The largest absolute Gasteiger partial charge is 1.00 e. The van der Waals surface area contributed by atoms with E-state index in [0.29, 0.717) is 0 Å².